The summed E-state index contributed by atoms with van der Waals surface area (Å²) in [6.45, 7) is 1.94. The summed E-state index contributed by atoms with van der Waals surface area (Å²) in [6, 6.07) is 0. The minimum absolute atomic E-state index is 0.0291. The number of aliphatic hydroxyl groups excluding tert-OH is 2. The van der Waals surface area contributed by atoms with Crippen LogP contribution in [0, 0.1) is 0 Å². The minimum atomic E-state index is -1.24. The summed E-state index contributed by atoms with van der Waals surface area (Å²) >= 11 is 0. The molecule has 2 aromatic heterocycles. The number of imidazole rings is 1. The second-order valence-electron chi connectivity index (χ2n) is 4.50. The predicted molar refractivity (Wildman–Crippen MR) is 77.5 cm³/mol. The Labute approximate surface area is 126 Å². The number of esters is 1. The Morgan fingerprint density at radius 1 is 1.45 bits per heavy atom. The number of hydrogen-bond acceptors (Lipinski definition) is 8. The first-order chi connectivity index (χ1) is 10.5. The van der Waals surface area contributed by atoms with Crippen LogP contribution in [0.1, 0.15) is 6.92 Å². The lowest BCUT2D eigenvalue weighted by Crippen LogP contribution is -2.28. The minimum Gasteiger partial charge on any atom is -0.463 e. The van der Waals surface area contributed by atoms with Crippen LogP contribution in [0.4, 0.5) is 5.82 Å². The van der Waals surface area contributed by atoms with Crippen molar-refractivity contribution in [3.63, 3.8) is 0 Å². The van der Waals surface area contributed by atoms with Crippen molar-refractivity contribution < 1.29 is 19.7 Å². The highest BCUT2D eigenvalue weighted by Crippen LogP contribution is 2.15. The van der Waals surface area contributed by atoms with Crippen molar-refractivity contribution in [2.75, 3.05) is 12.3 Å². The van der Waals surface area contributed by atoms with E-state index in [4.69, 9.17) is 5.73 Å². The zero-order valence-corrected chi connectivity index (χ0v) is 12.0. The number of nitrogens with two attached hydrogens (primary N) is 1. The monoisotopic (exact) mass is 307 g/mol. The molecule has 0 amide bonds. The van der Waals surface area contributed by atoms with Crippen LogP contribution >= 0.6 is 0 Å². The number of hydrogen-bond donors (Lipinski definition) is 3. The molecule has 0 spiro atoms. The molecule has 2 heterocycles. The topological polar surface area (TPSA) is 136 Å². The molecule has 4 N–H and O–H groups in total. The molecule has 2 aromatic rings. The van der Waals surface area contributed by atoms with Gasteiger partial charge in [0.1, 0.15) is 24.1 Å². The Kier molecular flexibility index (Phi) is 5.02. The summed E-state index contributed by atoms with van der Waals surface area (Å²) in [7, 11) is 0. The summed E-state index contributed by atoms with van der Waals surface area (Å²) in [6.07, 6.45) is 2.59. The highest BCUT2D eigenvalue weighted by atomic mass is 16.5. The van der Waals surface area contributed by atoms with Gasteiger partial charge in [0.25, 0.3) is 0 Å². The van der Waals surface area contributed by atoms with Crippen LogP contribution in [-0.2, 0) is 16.1 Å². The van der Waals surface area contributed by atoms with Crippen molar-refractivity contribution in [2.24, 2.45) is 0 Å². The van der Waals surface area contributed by atoms with E-state index in [9.17, 15) is 15.0 Å². The van der Waals surface area contributed by atoms with Crippen molar-refractivity contribution in [1.82, 2.24) is 19.5 Å². The van der Waals surface area contributed by atoms with Crippen LogP contribution in [0.5, 0.6) is 0 Å². The van der Waals surface area contributed by atoms with Crippen molar-refractivity contribution in [1.29, 1.82) is 0 Å². The van der Waals surface area contributed by atoms with Gasteiger partial charge in [-0.3, -0.25) is 0 Å². The average molecular weight is 307 g/mol. The third-order valence-corrected chi connectivity index (χ3v) is 2.92. The van der Waals surface area contributed by atoms with Crippen molar-refractivity contribution in [3.05, 3.63) is 24.8 Å². The quantitative estimate of drug-likeness (QED) is 0.468. The van der Waals surface area contributed by atoms with Gasteiger partial charge in [-0.25, -0.2) is 19.7 Å². The molecule has 22 heavy (non-hydrogen) atoms. The summed E-state index contributed by atoms with van der Waals surface area (Å²) in [5, 5.41) is 19.8. The van der Waals surface area contributed by atoms with Crippen LogP contribution in [-0.4, -0.2) is 54.5 Å². The zero-order chi connectivity index (χ0) is 16.1. The van der Waals surface area contributed by atoms with Gasteiger partial charge in [0.2, 0.25) is 0 Å². The predicted octanol–water partition coefficient (Wildman–Crippen LogP) is -0.750. The molecule has 0 aliphatic heterocycles. The molecule has 0 saturated heterocycles. The fourth-order valence-corrected chi connectivity index (χ4v) is 1.84. The maximum Gasteiger partial charge on any atom is 0.330 e. The Morgan fingerprint density at radius 3 is 2.95 bits per heavy atom. The van der Waals surface area contributed by atoms with Gasteiger partial charge in [0.05, 0.1) is 19.5 Å². The lowest BCUT2D eigenvalue weighted by Gasteiger charge is -2.15. The van der Waals surface area contributed by atoms with Gasteiger partial charge in [-0.15, -0.1) is 0 Å². The lowest BCUT2D eigenvalue weighted by atomic mass is 10.2. The van der Waals surface area contributed by atoms with E-state index >= 15 is 0 Å². The molecule has 0 aliphatic rings. The first kappa shape index (κ1) is 15.9. The van der Waals surface area contributed by atoms with Crippen LogP contribution in [0.15, 0.2) is 24.8 Å². The van der Waals surface area contributed by atoms with Gasteiger partial charge >= 0.3 is 5.97 Å². The summed E-state index contributed by atoms with van der Waals surface area (Å²) in [5.74, 6) is -0.344. The molecule has 9 heteroatoms. The van der Waals surface area contributed by atoms with E-state index in [1.807, 2.05) is 0 Å². The maximum atomic E-state index is 11.2. The Morgan fingerprint density at radius 2 is 2.23 bits per heavy atom. The molecule has 2 atom stereocenters. The number of rotatable bonds is 6. The summed E-state index contributed by atoms with van der Waals surface area (Å²) in [5.41, 5.74) is 6.54. The second kappa shape index (κ2) is 6.96. The van der Waals surface area contributed by atoms with Gasteiger partial charge in [-0.2, -0.15) is 0 Å². The third-order valence-electron chi connectivity index (χ3n) is 2.92. The van der Waals surface area contributed by atoms with E-state index in [-0.39, 0.29) is 19.0 Å². The third kappa shape index (κ3) is 3.57. The first-order valence-corrected chi connectivity index (χ1v) is 6.65. The molecule has 2 rings (SSSR count). The number of aromatic nitrogens is 4. The summed E-state index contributed by atoms with van der Waals surface area (Å²) < 4.78 is 6.23. The molecule has 0 aliphatic carbocycles. The van der Waals surface area contributed by atoms with Gasteiger partial charge in [0, 0.05) is 6.08 Å². The van der Waals surface area contributed by atoms with E-state index in [2.05, 4.69) is 19.7 Å². The number of carbonyl (C=O) groups excluding carboxylic acids is 1. The zero-order valence-electron chi connectivity index (χ0n) is 12.0. The summed E-state index contributed by atoms with van der Waals surface area (Å²) in [4.78, 5) is 23.1. The Bertz CT molecular complexity index is 684. The fraction of sp³-hybridized carbons (Fsp3) is 0.385. The van der Waals surface area contributed by atoms with Gasteiger partial charge in [0.15, 0.2) is 11.5 Å². The van der Waals surface area contributed by atoms with Gasteiger partial charge in [-0.1, -0.05) is 0 Å². The Hall–Kier alpha value is -2.52. The number of nitrogens with zero attached hydrogens (tertiary/aromatic N) is 4. The standard InChI is InChI=1S/C13H17N5O4/c1-2-22-10(21)4-3-8(19)9(20)5-18-7-17-11-12(14)15-6-16-13(11)18/h3-4,6-9,19-20H,2,5H2,1H3,(H2,14,15,16)/b4-3+/t8-,9+/m1/s1. The van der Waals surface area contributed by atoms with E-state index < -0.39 is 18.2 Å². The number of carbonyl (C=O) groups is 1. The number of fused-ring (bicyclic) bond motifs is 1. The highest BCUT2D eigenvalue weighted by molar-refractivity contribution is 5.82. The van der Waals surface area contributed by atoms with Crippen molar-refractivity contribution in [2.45, 2.75) is 25.7 Å². The molecule has 0 radical (unpaired) electrons. The number of aliphatic hydroxyl groups is 2. The molecule has 9 nitrogen and oxygen atoms in total. The highest BCUT2D eigenvalue weighted by Gasteiger charge is 2.17. The fourth-order valence-electron chi connectivity index (χ4n) is 1.84. The molecular formula is C13H17N5O4. The van der Waals surface area contributed by atoms with Gasteiger partial charge < -0.3 is 25.3 Å². The number of anilines is 1. The van der Waals surface area contributed by atoms with Crippen LogP contribution in [0.2, 0.25) is 0 Å². The average Bonchev–Trinajstić information content (AvgIpc) is 2.89. The molecule has 118 valence electrons. The molecule has 0 bridgehead atoms. The normalized spacial score (nSPS) is 14.3. The molecule has 0 fully saturated rings. The molecule has 0 aromatic carbocycles. The lowest BCUT2D eigenvalue weighted by molar-refractivity contribution is -0.137. The molecular weight excluding hydrogens is 290 g/mol. The van der Waals surface area contributed by atoms with Crippen LogP contribution in [0.25, 0.3) is 11.2 Å². The van der Waals surface area contributed by atoms with E-state index in [0.717, 1.165) is 6.08 Å². The van der Waals surface area contributed by atoms with Gasteiger partial charge in [-0.05, 0) is 13.0 Å². The maximum absolute atomic E-state index is 11.2. The Balaban J connectivity index is 2.05. The molecule has 0 saturated carbocycles. The smallest absolute Gasteiger partial charge is 0.330 e. The van der Waals surface area contributed by atoms with Crippen LogP contribution in [0.3, 0.4) is 0 Å². The van der Waals surface area contributed by atoms with Crippen molar-refractivity contribution in [3.8, 4) is 0 Å². The van der Waals surface area contributed by atoms with E-state index in [1.165, 1.54) is 18.7 Å². The van der Waals surface area contributed by atoms with E-state index in [1.54, 1.807) is 11.5 Å². The van der Waals surface area contributed by atoms with Crippen LogP contribution < -0.4 is 5.73 Å². The largest absolute Gasteiger partial charge is 0.463 e. The SMILES string of the molecule is CCOC(=O)/C=C/[C@@H](O)[C@@H](O)Cn1cnc2c(N)ncnc21. The molecule has 0 unspecified atom stereocenters. The van der Waals surface area contributed by atoms with Crippen molar-refractivity contribution >= 4 is 23.0 Å². The number of nitrogen functional groups attached to an aromatic ring is 1. The number of ether oxygens (including phenoxy) is 1. The second-order valence-corrected chi connectivity index (χ2v) is 4.50. The first-order valence-electron chi connectivity index (χ1n) is 6.65. The van der Waals surface area contributed by atoms with E-state index in [0.29, 0.717) is 11.2 Å².